The molecule has 1 N–H and O–H groups in total. The second kappa shape index (κ2) is 6.34. The van der Waals surface area contributed by atoms with Gasteiger partial charge in [0.2, 0.25) is 10.0 Å². The number of hydrogen-bond acceptors (Lipinski definition) is 4. The monoisotopic (exact) mass is 259 g/mol. The highest BCUT2D eigenvalue weighted by molar-refractivity contribution is 7.89. The Morgan fingerprint density at radius 2 is 2.29 bits per heavy atom. The molecule has 1 aliphatic rings. The van der Waals surface area contributed by atoms with Crippen LogP contribution in [0.2, 0.25) is 0 Å². The summed E-state index contributed by atoms with van der Waals surface area (Å²) in [4.78, 5) is 0. The van der Waals surface area contributed by atoms with Gasteiger partial charge >= 0.3 is 0 Å². The van der Waals surface area contributed by atoms with Gasteiger partial charge < -0.3 is 5.32 Å². The summed E-state index contributed by atoms with van der Waals surface area (Å²) in [5.41, 5.74) is 0. The van der Waals surface area contributed by atoms with Gasteiger partial charge in [0, 0.05) is 13.1 Å². The van der Waals surface area contributed by atoms with Gasteiger partial charge in [0.15, 0.2) is 5.25 Å². The molecule has 98 valence electrons. The molecule has 2 unspecified atom stereocenters. The highest BCUT2D eigenvalue weighted by Gasteiger charge is 2.29. The average Bonchev–Trinajstić information content (AvgIpc) is 2.35. The fraction of sp³-hybridized carbons (Fsp3) is 0.909. The molecule has 1 fully saturated rings. The predicted molar refractivity (Wildman–Crippen MR) is 66.8 cm³/mol. The lowest BCUT2D eigenvalue weighted by Gasteiger charge is -2.29. The maximum absolute atomic E-state index is 12.0. The lowest BCUT2D eigenvalue weighted by Crippen LogP contribution is -2.43. The molecule has 2 atom stereocenters. The molecular weight excluding hydrogens is 238 g/mol. The summed E-state index contributed by atoms with van der Waals surface area (Å²) in [6.45, 7) is 6.11. The molecule has 5 nitrogen and oxygen atoms in total. The molecule has 1 heterocycles. The summed E-state index contributed by atoms with van der Waals surface area (Å²) in [6, 6.07) is 1.81. The third-order valence-electron chi connectivity index (χ3n) is 3.20. The molecule has 0 aromatic heterocycles. The molecule has 0 radical (unpaired) electrons. The van der Waals surface area contributed by atoms with Crippen molar-refractivity contribution in [1.82, 2.24) is 9.62 Å². The molecule has 0 spiro atoms. The number of nitriles is 1. The molecule has 0 saturated carbocycles. The van der Waals surface area contributed by atoms with Crippen molar-refractivity contribution < 1.29 is 8.42 Å². The lowest BCUT2D eigenvalue weighted by molar-refractivity contribution is 0.297. The van der Waals surface area contributed by atoms with E-state index < -0.39 is 15.3 Å². The molecular formula is C11H21N3O2S. The molecule has 1 rings (SSSR count). The molecule has 1 aliphatic heterocycles. The van der Waals surface area contributed by atoms with Crippen molar-refractivity contribution in [3.63, 3.8) is 0 Å². The Bertz CT molecular complexity index is 369. The summed E-state index contributed by atoms with van der Waals surface area (Å²) in [6.07, 6.45) is 2.15. The van der Waals surface area contributed by atoms with Gasteiger partial charge in [-0.2, -0.15) is 5.26 Å². The third-order valence-corrected chi connectivity index (χ3v) is 5.33. The van der Waals surface area contributed by atoms with E-state index >= 15 is 0 Å². The Kier molecular flexibility index (Phi) is 5.37. The third kappa shape index (κ3) is 3.66. The molecule has 1 saturated heterocycles. The average molecular weight is 259 g/mol. The molecule has 0 aliphatic carbocycles. The minimum atomic E-state index is -3.46. The van der Waals surface area contributed by atoms with Gasteiger partial charge in [0.25, 0.3) is 0 Å². The Morgan fingerprint density at radius 1 is 1.59 bits per heavy atom. The van der Waals surface area contributed by atoms with Crippen molar-refractivity contribution in [1.29, 1.82) is 5.26 Å². The van der Waals surface area contributed by atoms with E-state index in [1.54, 1.807) is 0 Å². The summed E-state index contributed by atoms with van der Waals surface area (Å²) < 4.78 is 25.5. The SMILES string of the molecule is CCN(CC1CCCNC1)S(=O)(=O)C(C)C#N. The van der Waals surface area contributed by atoms with Crippen molar-refractivity contribution in [2.75, 3.05) is 26.2 Å². The molecule has 6 heteroatoms. The zero-order chi connectivity index (χ0) is 12.9. The highest BCUT2D eigenvalue weighted by atomic mass is 32.2. The van der Waals surface area contributed by atoms with Crippen LogP contribution in [0.3, 0.4) is 0 Å². The predicted octanol–water partition coefficient (Wildman–Crippen LogP) is 0.550. The van der Waals surface area contributed by atoms with Crippen LogP contribution in [0.25, 0.3) is 0 Å². The Labute approximate surface area is 104 Å². The summed E-state index contributed by atoms with van der Waals surface area (Å²) in [7, 11) is -3.46. The first-order chi connectivity index (χ1) is 8.02. The second-order valence-corrected chi connectivity index (χ2v) is 6.73. The van der Waals surface area contributed by atoms with E-state index in [2.05, 4.69) is 5.32 Å². The van der Waals surface area contributed by atoms with E-state index in [-0.39, 0.29) is 0 Å². The van der Waals surface area contributed by atoms with Crippen LogP contribution in [0, 0.1) is 17.2 Å². The van der Waals surface area contributed by atoms with E-state index in [1.807, 2.05) is 13.0 Å². The van der Waals surface area contributed by atoms with Crippen molar-refractivity contribution in [3.8, 4) is 6.07 Å². The van der Waals surface area contributed by atoms with Crippen LogP contribution in [0.4, 0.5) is 0 Å². The lowest BCUT2D eigenvalue weighted by atomic mass is 10.00. The van der Waals surface area contributed by atoms with Gasteiger partial charge in [-0.1, -0.05) is 6.92 Å². The first-order valence-electron chi connectivity index (χ1n) is 6.11. The second-order valence-electron chi connectivity index (χ2n) is 4.48. The smallest absolute Gasteiger partial charge is 0.230 e. The van der Waals surface area contributed by atoms with Gasteiger partial charge in [-0.15, -0.1) is 0 Å². The first kappa shape index (κ1) is 14.4. The molecule has 0 amide bonds. The van der Waals surface area contributed by atoms with E-state index in [9.17, 15) is 8.42 Å². The number of nitrogens with one attached hydrogen (secondary N) is 1. The molecule has 0 aromatic rings. The van der Waals surface area contributed by atoms with Crippen LogP contribution in [0.15, 0.2) is 0 Å². The number of hydrogen-bond donors (Lipinski definition) is 1. The Balaban J connectivity index is 2.68. The zero-order valence-corrected chi connectivity index (χ0v) is 11.3. The standard InChI is InChI=1S/C11H21N3O2S/c1-3-14(17(15,16)10(2)7-12)9-11-5-4-6-13-8-11/h10-11,13H,3-6,8-9H2,1-2H3. The number of sulfonamides is 1. The van der Waals surface area contributed by atoms with Crippen LogP contribution in [0.5, 0.6) is 0 Å². The van der Waals surface area contributed by atoms with Crippen molar-refractivity contribution in [2.45, 2.75) is 31.9 Å². The van der Waals surface area contributed by atoms with Crippen molar-refractivity contribution in [3.05, 3.63) is 0 Å². The van der Waals surface area contributed by atoms with Gasteiger partial charge in [-0.05, 0) is 38.8 Å². The fourth-order valence-corrected chi connectivity index (χ4v) is 3.43. The van der Waals surface area contributed by atoms with Crippen LogP contribution in [0.1, 0.15) is 26.7 Å². The van der Waals surface area contributed by atoms with Crippen molar-refractivity contribution in [2.24, 2.45) is 5.92 Å². The van der Waals surface area contributed by atoms with Gasteiger partial charge in [-0.3, -0.25) is 0 Å². The number of nitrogens with zero attached hydrogens (tertiary/aromatic N) is 2. The van der Waals surface area contributed by atoms with Crippen LogP contribution >= 0.6 is 0 Å². The minimum Gasteiger partial charge on any atom is -0.316 e. The summed E-state index contributed by atoms with van der Waals surface area (Å²) in [5.74, 6) is 0.365. The zero-order valence-electron chi connectivity index (χ0n) is 10.5. The maximum atomic E-state index is 12.0. The number of rotatable bonds is 5. The Morgan fingerprint density at radius 3 is 2.76 bits per heavy atom. The van der Waals surface area contributed by atoms with Gasteiger partial charge in [0.1, 0.15) is 0 Å². The summed E-state index contributed by atoms with van der Waals surface area (Å²) in [5, 5.41) is 11.1. The Hall–Kier alpha value is -0.640. The van der Waals surface area contributed by atoms with Gasteiger partial charge in [0.05, 0.1) is 6.07 Å². The van der Waals surface area contributed by atoms with E-state index in [1.165, 1.54) is 11.2 Å². The highest BCUT2D eigenvalue weighted by Crippen LogP contribution is 2.16. The maximum Gasteiger partial charge on any atom is 0.230 e. The minimum absolute atomic E-state index is 0.365. The van der Waals surface area contributed by atoms with Crippen LogP contribution in [-0.4, -0.2) is 44.2 Å². The van der Waals surface area contributed by atoms with Crippen LogP contribution in [-0.2, 0) is 10.0 Å². The van der Waals surface area contributed by atoms with Crippen molar-refractivity contribution >= 4 is 10.0 Å². The van der Waals surface area contributed by atoms with E-state index in [0.717, 1.165) is 25.9 Å². The van der Waals surface area contributed by atoms with Crippen LogP contribution < -0.4 is 5.32 Å². The topological polar surface area (TPSA) is 73.2 Å². The van der Waals surface area contributed by atoms with E-state index in [0.29, 0.717) is 19.0 Å². The quantitative estimate of drug-likeness (QED) is 0.782. The fourth-order valence-electron chi connectivity index (χ4n) is 2.07. The molecule has 17 heavy (non-hydrogen) atoms. The number of piperidine rings is 1. The normalized spacial score (nSPS) is 23.3. The molecule has 0 bridgehead atoms. The molecule has 0 aromatic carbocycles. The summed E-state index contributed by atoms with van der Waals surface area (Å²) >= 11 is 0. The largest absolute Gasteiger partial charge is 0.316 e. The van der Waals surface area contributed by atoms with Gasteiger partial charge in [-0.25, -0.2) is 12.7 Å². The first-order valence-corrected chi connectivity index (χ1v) is 7.62. The van der Waals surface area contributed by atoms with E-state index in [4.69, 9.17) is 5.26 Å².